The van der Waals surface area contributed by atoms with Crippen LogP contribution < -0.4 is 5.73 Å². The minimum atomic E-state index is -0.0664. The predicted octanol–water partition coefficient (Wildman–Crippen LogP) is 3.04. The average molecular weight is 219 g/mol. The van der Waals surface area contributed by atoms with Crippen LogP contribution in [0.15, 0.2) is 30.3 Å². The predicted molar refractivity (Wildman–Crippen MR) is 66.2 cm³/mol. The van der Waals surface area contributed by atoms with Gasteiger partial charge in [-0.15, -0.1) is 0 Å². The SMILES string of the molecule is CC(OCC1(N)CCCC1)c1ccccc1. The number of hydrogen-bond donors (Lipinski definition) is 1. The van der Waals surface area contributed by atoms with Gasteiger partial charge in [-0.1, -0.05) is 43.2 Å². The van der Waals surface area contributed by atoms with Crippen molar-refractivity contribution in [1.82, 2.24) is 0 Å². The van der Waals surface area contributed by atoms with Gasteiger partial charge in [0.1, 0.15) is 0 Å². The zero-order valence-corrected chi connectivity index (χ0v) is 9.99. The van der Waals surface area contributed by atoms with Crippen molar-refractivity contribution in [1.29, 1.82) is 0 Å². The van der Waals surface area contributed by atoms with Crippen LogP contribution in [0.1, 0.15) is 44.3 Å². The molecule has 0 radical (unpaired) electrons. The van der Waals surface area contributed by atoms with E-state index in [0.717, 1.165) is 12.8 Å². The third kappa shape index (κ3) is 2.83. The van der Waals surface area contributed by atoms with Gasteiger partial charge in [-0.25, -0.2) is 0 Å². The van der Waals surface area contributed by atoms with Crippen LogP contribution in [0.4, 0.5) is 0 Å². The van der Waals surface area contributed by atoms with E-state index in [1.165, 1.54) is 18.4 Å². The minimum absolute atomic E-state index is 0.0664. The van der Waals surface area contributed by atoms with Gasteiger partial charge in [-0.05, 0) is 25.3 Å². The standard InChI is InChI=1S/C14H21NO/c1-12(13-7-3-2-4-8-13)16-11-14(15)9-5-6-10-14/h2-4,7-8,12H,5-6,9-11,15H2,1H3. The molecule has 1 aromatic rings. The van der Waals surface area contributed by atoms with E-state index in [0.29, 0.717) is 6.61 Å². The molecule has 1 aromatic carbocycles. The van der Waals surface area contributed by atoms with E-state index in [9.17, 15) is 0 Å². The van der Waals surface area contributed by atoms with Crippen molar-refractivity contribution in [2.45, 2.75) is 44.2 Å². The summed E-state index contributed by atoms with van der Waals surface area (Å²) >= 11 is 0. The van der Waals surface area contributed by atoms with Gasteiger partial charge in [-0.2, -0.15) is 0 Å². The molecule has 1 fully saturated rings. The number of benzene rings is 1. The molecule has 0 saturated heterocycles. The molecule has 1 atom stereocenters. The summed E-state index contributed by atoms with van der Waals surface area (Å²) < 4.78 is 5.89. The molecule has 1 saturated carbocycles. The molecule has 0 amide bonds. The molecule has 2 rings (SSSR count). The van der Waals surface area contributed by atoms with Crippen LogP contribution in [0.3, 0.4) is 0 Å². The first-order chi connectivity index (χ1) is 7.70. The third-order valence-electron chi connectivity index (χ3n) is 3.49. The highest BCUT2D eigenvalue weighted by Crippen LogP contribution is 2.29. The molecule has 0 bridgehead atoms. The Bertz CT molecular complexity index is 317. The van der Waals surface area contributed by atoms with E-state index in [2.05, 4.69) is 19.1 Å². The van der Waals surface area contributed by atoms with Crippen LogP contribution in [-0.2, 0) is 4.74 Å². The second kappa shape index (κ2) is 4.98. The average Bonchev–Trinajstić information content (AvgIpc) is 2.75. The Hall–Kier alpha value is -0.860. The molecule has 0 heterocycles. The van der Waals surface area contributed by atoms with Gasteiger partial charge in [0.15, 0.2) is 0 Å². The van der Waals surface area contributed by atoms with Crippen molar-refractivity contribution >= 4 is 0 Å². The summed E-state index contributed by atoms with van der Waals surface area (Å²) in [5.41, 5.74) is 7.42. The normalized spacial score (nSPS) is 20.9. The lowest BCUT2D eigenvalue weighted by Gasteiger charge is -2.25. The molecule has 1 aliphatic rings. The Morgan fingerprint density at radius 1 is 1.25 bits per heavy atom. The minimum Gasteiger partial charge on any atom is -0.372 e. The summed E-state index contributed by atoms with van der Waals surface area (Å²) in [7, 11) is 0. The fourth-order valence-electron chi connectivity index (χ4n) is 2.33. The van der Waals surface area contributed by atoms with E-state index in [1.807, 2.05) is 18.2 Å². The first-order valence-corrected chi connectivity index (χ1v) is 6.15. The van der Waals surface area contributed by atoms with Crippen LogP contribution >= 0.6 is 0 Å². The van der Waals surface area contributed by atoms with Gasteiger partial charge in [0.2, 0.25) is 0 Å². The van der Waals surface area contributed by atoms with E-state index < -0.39 is 0 Å². The zero-order chi connectivity index (χ0) is 11.4. The fraction of sp³-hybridized carbons (Fsp3) is 0.571. The lowest BCUT2D eigenvalue weighted by molar-refractivity contribution is 0.0304. The summed E-state index contributed by atoms with van der Waals surface area (Å²) in [4.78, 5) is 0. The maximum Gasteiger partial charge on any atom is 0.0797 e. The number of hydrogen-bond acceptors (Lipinski definition) is 2. The van der Waals surface area contributed by atoms with Crippen LogP contribution in [0.25, 0.3) is 0 Å². The number of ether oxygens (including phenoxy) is 1. The Morgan fingerprint density at radius 3 is 2.50 bits per heavy atom. The van der Waals surface area contributed by atoms with Crippen molar-refractivity contribution in [2.75, 3.05) is 6.61 Å². The fourth-order valence-corrected chi connectivity index (χ4v) is 2.33. The molecule has 0 aromatic heterocycles. The molecule has 0 aliphatic heterocycles. The lowest BCUT2D eigenvalue weighted by atomic mass is 10.0. The Kier molecular flexibility index (Phi) is 3.62. The first-order valence-electron chi connectivity index (χ1n) is 6.15. The van der Waals surface area contributed by atoms with E-state index >= 15 is 0 Å². The van der Waals surface area contributed by atoms with Gasteiger partial charge in [0.25, 0.3) is 0 Å². The molecule has 1 aliphatic carbocycles. The highest BCUT2D eigenvalue weighted by molar-refractivity contribution is 5.16. The Labute approximate surface area is 97.8 Å². The maximum absolute atomic E-state index is 6.26. The number of nitrogens with two attached hydrogens (primary N) is 1. The summed E-state index contributed by atoms with van der Waals surface area (Å²) in [6, 6.07) is 10.3. The van der Waals surface area contributed by atoms with Crippen LogP contribution in [0.5, 0.6) is 0 Å². The molecule has 88 valence electrons. The van der Waals surface area contributed by atoms with Crippen LogP contribution in [0.2, 0.25) is 0 Å². The van der Waals surface area contributed by atoms with Gasteiger partial charge < -0.3 is 10.5 Å². The van der Waals surface area contributed by atoms with Crippen molar-refractivity contribution in [2.24, 2.45) is 5.73 Å². The van der Waals surface area contributed by atoms with Crippen molar-refractivity contribution < 1.29 is 4.74 Å². The zero-order valence-electron chi connectivity index (χ0n) is 9.99. The van der Waals surface area contributed by atoms with E-state index in [1.54, 1.807) is 0 Å². The van der Waals surface area contributed by atoms with Gasteiger partial charge in [0.05, 0.1) is 12.7 Å². The number of rotatable bonds is 4. The summed E-state index contributed by atoms with van der Waals surface area (Å²) in [5, 5.41) is 0. The molecule has 0 spiro atoms. The molecular weight excluding hydrogens is 198 g/mol. The largest absolute Gasteiger partial charge is 0.372 e. The smallest absolute Gasteiger partial charge is 0.0797 e. The molecule has 2 N–H and O–H groups in total. The monoisotopic (exact) mass is 219 g/mol. The van der Waals surface area contributed by atoms with Gasteiger partial charge >= 0.3 is 0 Å². The highest BCUT2D eigenvalue weighted by atomic mass is 16.5. The molecule has 2 heteroatoms. The maximum atomic E-state index is 6.26. The summed E-state index contributed by atoms with van der Waals surface area (Å²) in [5.74, 6) is 0. The molecule has 2 nitrogen and oxygen atoms in total. The molecule has 1 unspecified atom stereocenters. The van der Waals surface area contributed by atoms with E-state index in [4.69, 9.17) is 10.5 Å². The Morgan fingerprint density at radius 2 is 1.88 bits per heavy atom. The van der Waals surface area contributed by atoms with Crippen LogP contribution in [0, 0.1) is 0 Å². The van der Waals surface area contributed by atoms with Gasteiger partial charge in [-0.3, -0.25) is 0 Å². The second-order valence-corrected chi connectivity index (χ2v) is 4.93. The highest BCUT2D eigenvalue weighted by Gasteiger charge is 2.30. The molecule has 16 heavy (non-hydrogen) atoms. The summed E-state index contributed by atoms with van der Waals surface area (Å²) in [6.45, 7) is 2.77. The van der Waals surface area contributed by atoms with Crippen molar-refractivity contribution in [3.05, 3.63) is 35.9 Å². The Balaban J connectivity index is 1.86. The second-order valence-electron chi connectivity index (χ2n) is 4.93. The van der Waals surface area contributed by atoms with Crippen molar-refractivity contribution in [3.8, 4) is 0 Å². The first kappa shape index (κ1) is 11.6. The topological polar surface area (TPSA) is 35.2 Å². The van der Waals surface area contributed by atoms with Crippen LogP contribution in [-0.4, -0.2) is 12.1 Å². The quantitative estimate of drug-likeness (QED) is 0.844. The lowest BCUT2D eigenvalue weighted by Crippen LogP contribution is -2.41. The van der Waals surface area contributed by atoms with Crippen molar-refractivity contribution in [3.63, 3.8) is 0 Å². The molecular formula is C14H21NO. The summed E-state index contributed by atoms with van der Waals surface area (Å²) in [6.07, 6.45) is 4.85. The third-order valence-corrected chi connectivity index (χ3v) is 3.49. The van der Waals surface area contributed by atoms with E-state index in [-0.39, 0.29) is 11.6 Å². The van der Waals surface area contributed by atoms with Gasteiger partial charge in [0, 0.05) is 5.54 Å².